The van der Waals surface area contributed by atoms with E-state index in [-0.39, 0.29) is 17.9 Å². The van der Waals surface area contributed by atoms with Crippen LogP contribution in [0.1, 0.15) is 17.3 Å². The number of carbonyl (C=O) groups is 3. The van der Waals surface area contributed by atoms with Gasteiger partial charge in [0, 0.05) is 5.02 Å². The van der Waals surface area contributed by atoms with Gasteiger partial charge in [-0.15, -0.1) is 0 Å². The Bertz CT molecular complexity index is 961. The highest BCUT2D eigenvalue weighted by molar-refractivity contribution is 6.31. The van der Waals surface area contributed by atoms with Gasteiger partial charge in [-0.1, -0.05) is 11.6 Å². The molecule has 0 aromatic heterocycles. The van der Waals surface area contributed by atoms with Crippen molar-refractivity contribution in [3.8, 4) is 11.5 Å². The molecule has 2 N–H and O–H groups in total. The molecule has 146 valence electrons. The van der Waals surface area contributed by atoms with Gasteiger partial charge in [0.2, 0.25) is 5.91 Å². The predicted octanol–water partition coefficient (Wildman–Crippen LogP) is 2.80. The van der Waals surface area contributed by atoms with E-state index in [1.165, 1.54) is 43.2 Å². The third-order valence-electron chi connectivity index (χ3n) is 4.27. The Labute approximate surface area is 165 Å². The lowest BCUT2D eigenvalue weighted by Crippen LogP contribution is -2.49. The van der Waals surface area contributed by atoms with Crippen LogP contribution in [-0.4, -0.2) is 42.6 Å². The first-order chi connectivity index (χ1) is 13.3. The van der Waals surface area contributed by atoms with Gasteiger partial charge in [0.25, 0.3) is 5.91 Å². The second-order valence-corrected chi connectivity index (χ2v) is 6.49. The van der Waals surface area contributed by atoms with E-state index in [1.54, 1.807) is 12.1 Å². The normalized spacial score (nSPS) is 14.0. The maximum absolute atomic E-state index is 12.8. The average Bonchev–Trinajstić information content (AvgIpc) is 2.67. The number of anilines is 2. The van der Waals surface area contributed by atoms with Crippen LogP contribution in [0.3, 0.4) is 0 Å². The summed E-state index contributed by atoms with van der Waals surface area (Å²) in [5, 5.41) is 12.3. The second-order valence-electron chi connectivity index (χ2n) is 6.05. The van der Waals surface area contributed by atoms with Crippen molar-refractivity contribution < 1.29 is 29.0 Å². The van der Waals surface area contributed by atoms with Crippen LogP contribution in [0.15, 0.2) is 36.4 Å². The van der Waals surface area contributed by atoms with E-state index in [4.69, 9.17) is 21.1 Å². The van der Waals surface area contributed by atoms with Crippen molar-refractivity contribution in [3.05, 3.63) is 47.0 Å². The van der Waals surface area contributed by atoms with Crippen molar-refractivity contribution in [2.45, 2.75) is 13.0 Å². The number of carboxylic acids is 1. The van der Waals surface area contributed by atoms with Crippen LogP contribution >= 0.6 is 11.6 Å². The molecule has 9 heteroatoms. The quantitative estimate of drug-likeness (QED) is 0.793. The number of rotatable bonds is 5. The number of nitrogens with zero attached hydrogens (tertiary/aromatic N) is 1. The number of carboxylic acid groups (broad SMARTS) is 1. The maximum atomic E-state index is 12.8. The number of halogens is 1. The summed E-state index contributed by atoms with van der Waals surface area (Å²) in [5.74, 6) is -1.38. The molecule has 1 unspecified atom stereocenters. The monoisotopic (exact) mass is 404 g/mol. The molecule has 8 nitrogen and oxygen atoms in total. The number of carbonyl (C=O) groups excluding carboxylic acids is 2. The Morgan fingerprint density at radius 3 is 2.71 bits per heavy atom. The van der Waals surface area contributed by atoms with E-state index >= 15 is 0 Å². The van der Waals surface area contributed by atoms with Gasteiger partial charge < -0.3 is 19.9 Å². The molecule has 0 spiro atoms. The molecule has 3 rings (SSSR count). The van der Waals surface area contributed by atoms with Gasteiger partial charge in [0.1, 0.15) is 17.5 Å². The highest BCUT2D eigenvalue weighted by Gasteiger charge is 2.34. The zero-order chi connectivity index (χ0) is 20.4. The van der Waals surface area contributed by atoms with Crippen molar-refractivity contribution >= 4 is 40.8 Å². The predicted molar refractivity (Wildman–Crippen MR) is 102 cm³/mol. The zero-order valence-electron chi connectivity index (χ0n) is 15.1. The third-order valence-corrected chi connectivity index (χ3v) is 4.51. The largest absolute Gasteiger partial charge is 0.495 e. The van der Waals surface area contributed by atoms with Crippen molar-refractivity contribution in [1.29, 1.82) is 0 Å². The number of fused-ring (bicyclic) bond motifs is 1. The molecule has 0 aliphatic carbocycles. The topological polar surface area (TPSA) is 105 Å². The second kappa shape index (κ2) is 7.77. The van der Waals surface area contributed by atoms with Crippen LogP contribution in [0.4, 0.5) is 11.4 Å². The Morgan fingerprint density at radius 1 is 1.29 bits per heavy atom. The van der Waals surface area contributed by atoms with Gasteiger partial charge in [0.05, 0.1) is 24.0 Å². The highest BCUT2D eigenvalue weighted by atomic mass is 35.5. The Hall–Kier alpha value is -3.26. The van der Waals surface area contributed by atoms with Crippen LogP contribution in [0.25, 0.3) is 0 Å². The number of hydrogen-bond donors (Lipinski definition) is 2. The van der Waals surface area contributed by atoms with Crippen molar-refractivity contribution in [1.82, 2.24) is 0 Å². The average molecular weight is 405 g/mol. The van der Waals surface area contributed by atoms with E-state index < -0.39 is 23.8 Å². The van der Waals surface area contributed by atoms with Crippen LogP contribution in [0.5, 0.6) is 11.5 Å². The smallest absolute Gasteiger partial charge is 0.335 e. The van der Waals surface area contributed by atoms with Gasteiger partial charge in [0.15, 0.2) is 6.61 Å². The molecule has 0 saturated heterocycles. The molecule has 1 heterocycles. The van der Waals surface area contributed by atoms with Crippen molar-refractivity contribution in [3.63, 3.8) is 0 Å². The number of aromatic carboxylic acids is 1. The molecule has 0 saturated carbocycles. The standard InChI is InChI=1S/C19H17ClN2O6/c1-10(18(24)21-13-8-12(20)4-6-15(13)27-2)22-14-7-11(19(25)26)3-5-16(14)28-9-17(22)23/h3-8,10H,9H2,1-2H3,(H,21,24)(H,25,26). The van der Waals surface area contributed by atoms with E-state index in [0.717, 1.165) is 0 Å². The van der Waals surface area contributed by atoms with E-state index in [9.17, 15) is 19.5 Å². The minimum Gasteiger partial charge on any atom is -0.495 e. The first kappa shape index (κ1) is 19.5. The van der Waals surface area contributed by atoms with E-state index in [1.807, 2.05) is 0 Å². The first-order valence-corrected chi connectivity index (χ1v) is 8.66. The summed E-state index contributed by atoms with van der Waals surface area (Å²) in [5.41, 5.74) is 0.551. The maximum Gasteiger partial charge on any atom is 0.335 e. The SMILES string of the molecule is COc1ccc(Cl)cc1NC(=O)C(C)N1C(=O)COc2ccc(C(=O)O)cc21. The fourth-order valence-corrected chi connectivity index (χ4v) is 3.03. The summed E-state index contributed by atoms with van der Waals surface area (Å²) in [6.07, 6.45) is 0. The molecule has 0 radical (unpaired) electrons. The van der Waals surface area contributed by atoms with Crippen molar-refractivity contribution in [2.75, 3.05) is 23.9 Å². The number of nitrogens with one attached hydrogen (secondary N) is 1. The van der Waals surface area contributed by atoms with Crippen LogP contribution < -0.4 is 19.7 Å². The molecule has 1 aliphatic rings. The Balaban J connectivity index is 1.92. The summed E-state index contributed by atoms with van der Waals surface area (Å²) in [4.78, 5) is 37.7. The summed E-state index contributed by atoms with van der Waals surface area (Å²) in [6, 6.07) is 7.95. The molecule has 2 amide bonds. The van der Waals surface area contributed by atoms with Gasteiger partial charge in [-0.25, -0.2) is 4.79 Å². The molecule has 0 fully saturated rings. The van der Waals surface area contributed by atoms with E-state index in [2.05, 4.69) is 5.32 Å². The van der Waals surface area contributed by atoms with Crippen LogP contribution in [0, 0.1) is 0 Å². The fraction of sp³-hybridized carbons (Fsp3) is 0.211. The van der Waals surface area contributed by atoms with Gasteiger partial charge >= 0.3 is 5.97 Å². The lowest BCUT2D eigenvalue weighted by molar-refractivity contribution is -0.125. The fourth-order valence-electron chi connectivity index (χ4n) is 2.86. The lowest BCUT2D eigenvalue weighted by Gasteiger charge is -2.33. The molecular formula is C19H17ClN2O6. The zero-order valence-corrected chi connectivity index (χ0v) is 15.8. The summed E-state index contributed by atoms with van der Waals surface area (Å²) in [6.45, 7) is 1.28. The number of methoxy groups -OCH3 is 1. The number of amides is 2. The molecule has 28 heavy (non-hydrogen) atoms. The summed E-state index contributed by atoms with van der Waals surface area (Å²) >= 11 is 5.98. The van der Waals surface area contributed by atoms with E-state index in [0.29, 0.717) is 22.2 Å². The highest BCUT2D eigenvalue weighted by Crippen LogP contribution is 2.35. The van der Waals surface area contributed by atoms with Gasteiger partial charge in [-0.3, -0.25) is 14.5 Å². The minimum absolute atomic E-state index is 0.0221. The lowest BCUT2D eigenvalue weighted by atomic mass is 10.1. The minimum atomic E-state index is -1.15. The van der Waals surface area contributed by atoms with Gasteiger partial charge in [-0.05, 0) is 43.3 Å². The van der Waals surface area contributed by atoms with Gasteiger partial charge in [-0.2, -0.15) is 0 Å². The summed E-state index contributed by atoms with van der Waals surface area (Å²) in [7, 11) is 1.46. The first-order valence-electron chi connectivity index (χ1n) is 8.28. The van der Waals surface area contributed by atoms with Crippen molar-refractivity contribution in [2.24, 2.45) is 0 Å². The molecule has 1 atom stereocenters. The molecule has 0 bridgehead atoms. The van der Waals surface area contributed by atoms with Crippen LogP contribution in [0.2, 0.25) is 5.02 Å². The molecule has 1 aliphatic heterocycles. The summed E-state index contributed by atoms with van der Waals surface area (Å²) < 4.78 is 10.6. The number of hydrogen-bond acceptors (Lipinski definition) is 5. The third kappa shape index (κ3) is 3.72. The Morgan fingerprint density at radius 2 is 2.04 bits per heavy atom. The molecule has 2 aromatic rings. The molecule has 2 aromatic carbocycles. The Kier molecular flexibility index (Phi) is 5.41. The number of ether oxygens (including phenoxy) is 2. The van der Waals surface area contributed by atoms with Crippen LogP contribution in [-0.2, 0) is 9.59 Å². The molecular weight excluding hydrogens is 388 g/mol. The number of benzene rings is 2.